The maximum absolute atomic E-state index is 13.4. The summed E-state index contributed by atoms with van der Waals surface area (Å²) in [6.45, 7) is 6.29. The van der Waals surface area contributed by atoms with Crippen LogP contribution in [0.5, 0.6) is 0 Å². The minimum atomic E-state index is -0.164. The van der Waals surface area contributed by atoms with Crippen LogP contribution in [0, 0.1) is 5.82 Å². The van der Waals surface area contributed by atoms with Gasteiger partial charge in [0.1, 0.15) is 5.82 Å². The largest absolute Gasteiger partial charge is 0.313 e. The predicted molar refractivity (Wildman–Crippen MR) is 80.7 cm³/mol. The Hall–Kier alpha value is -0.450. The highest BCUT2D eigenvalue weighted by molar-refractivity contribution is 9.10. The molecule has 1 N–H and O–H groups in total. The smallest absolute Gasteiger partial charge is 0.124 e. The van der Waals surface area contributed by atoms with Crippen LogP contribution in [0.1, 0.15) is 31.7 Å². The molecule has 0 saturated carbocycles. The fourth-order valence-electron chi connectivity index (χ4n) is 2.72. The summed E-state index contributed by atoms with van der Waals surface area (Å²) in [4.78, 5) is 2.43. The Morgan fingerprint density at radius 2 is 2.26 bits per heavy atom. The van der Waals surface area contributed by atoms with Crippen LogP contribution in [0.2, 0.25) is 0 Å². The molecule has 106 valence electrons. The SMILES string of the molecule is CCCC1CN(Cc2cc(F)cc(Br)c2)CCCN1. The molecule has 0 spiro atoms. The minimum Gasteiger partial charge on any atom is -0.313 e. The maximum atomic E-state index is 13.4. The Kier molecular flexibility index (Phi) is 5.79. The van der Waals surface area contributed by atoms with Gasteiger partial charge in [0, 0.05) is 23.6 Å². The van der Waals surface area contributed by atoms with Crippen molar-refractivity contribution < 1.29 is 4.39 Å². The molecule has 0 amide bonds. The number of halogens is 2. The Morgan fingerprint density at radius 3 is 3.00 bits per heavy atom. The highest BCUT2D eigenvalue weighted by Crippen LogP contribution is 2.17. The van der Waals surface area contributed by atoms with E-state index < -0.39 is 0 Å². The standard InChI is InChI=1S/C15H22BrFN2/c1-2-4-15-11-19(6-3-5-18-15)10-12-7-13(16)9-14(17)8-12/h7-9,15,18H,2-6,10-11H2,1H3. The molecule has 1 atom stereocenters. The molecule has 1 fully saturated rings. The number of hydrogen-bond acceptors (Lipinski definition) is 2. The molecule has 1 aromatic carbocycles. The summed E-state index contributed by atoms with van der Waals surface area (Å²) in [7, 11) is 0. The van der Waals surface area contributed by atoms with E-state index in [1.807, 2.05) is 6.07 Å². The predicted octanol–water partition coefficient (Wildman–Crippen LogP) is 3.55. The zero-order chi connectivity index (χ0) is 13.7. The van der Waals surface area contributed by atoms with Gasteiger partial charge in [-0.1, -0.05) is 29.3 Å². The lowest BCUT2D eigenvalue weighted by Crippen LogP contribution is -2.37. The summed E-state index contributed by atoms with van der Waals surface area (Å²) in [5.41, 5.74) is 1.05. The summed E-state index contributed by atoms with van der Waals surface area (Å²) in [6, 6.07) is 5.73. The lowest BCUT2D eigenvalue weighted by Gasteiger charge is -2.24. The number of nitrogens with zero attached hydrogens (tertiary/aromatic N) is 1. The van der Waals surface area contributed by atoms with Crippen molar-refractivity contribution in [2.45, 2.75) is 38.8 Å². The van der Waals surface area contributed by atoms with Gasteiger partial charge in [0.05, 0.1) is 0 Å². The third-order valence-corrected chi connectivity index (χ3v) is 3.99. The first-order valence-corrected chi connectivity index (χ1v) is 7.87. The molecule has 1 saturated heterocycles. The van der Waals surface area contributed by atoms with Crippen molar-refractivity contribution >= 4 is 15.9 Å². The van der Waals surface area contributed by atoms with E-state index in [1.165, 1.54) is 18.9 Å². The van der Waals surface area contributed by atoms with Gasteiger partial charge < -0.3 is 5.32 Å². The van der Waals surface area contributed by atoms with Crippen LogP contribution in [0.15, 0.2) is 22.7 Å². The molecule has 1 heterocycles. The first-order chi connectivity index (χ1) is 9.17. The van der Waals surface area contributed by atoms with E-state index in [4.69, 9.17) is 0 Å². The molecule has 0 aliphatic carbocycles. The number of benzene rings is 1. The lowest BCUT2D eigenvalue weighted by molar-refractivity contribution is 0.254. The quantitative estimate of drug-likeness (QED) is 0.909. The number of rotatable bonds is 4. The topological polar surface area (TPSA) is 15.3 Å². The third-order valence-electron chi connectivity index (χ3n) is 3.53. The van der Waals surface area contributed by atoms with Gasteiger partial charge in [-0.2, -0.15) is 0 Å². The Labute approximate surface area is 123 Å². The van der Waals surface area contributed by atoms with Crippen molar-refractivity contribution in [1.29, 1.82) is 0 Å². The van der Waals surface area contributed by atoms with Crippen LogP contribution < -0.4 is 5.32 Å². The summed E-state index contributed by atoms with van der Waals surface area (Å²) >= 11 is 3.36. The van der Waals surface area contributed by atoms with Gasteiger partial charge in [0.2, 0.25) is 0 Å². The van der Waals surface area contributed by atoms with Gasteiger partial charge in [-0.05, 0) is 49.7 Å². The molecule has 19 heavy (non-hydrogen) atoms. The fourth-order valence-corrected chi connectivity index (χ4v) is 3.23. The molecule has 0 aromatic heterocycles. The number of nitrogens with one attached hydrogen (secondary N) is 1. The monoisotopic (exact) mass is 328 g/mol. The van der Waals surface area contributed by atoms with Gasteiger partial charge in [-0.25, -0.2) is 4.39 Å². The number of hydrogen-bond donors (Lipinski definition) is 1. The van der Waals surface area contributed by atoms with E-state index >= 15 is 0 Å². The van der Waals surface area contributed by atoms with Crippen LogP contribution in [0.4, 0.5) is 4.39 Å². The molecule has 2 nitrogen and oxygen atoms in total. The molecule has 0 bridgehead atoms. The summed E-state index contributed by atoms with van der Waals surface area (Å²) in [5, 5.41) is 3.60. The van der Waals surface area contributed by atoms with Gasteiger partial charge in [-0.3, -0.25) is 4.90 Å². The van der Waals surface area contributed by atoms with E-state index in [-0.39, 0.29) is 5.82 Å². The molecule has 4 heteroatoms. The Balaban J connectivity index is 1.99. The molecular weight excluding hydrogens is 307 g/mol. The van der Waals surface area contributed by atoms with Crippen molar-refractivity contribution in [3.63, 3.8) is 0 Å². The molecule has 2 rings (SSSR count). The van der Waals surface area contributed by atoms with E-state index in [1.54, 1.807) is 6.07 Å². The zero-order valence-electron chi connectivity index (χ0n) is 11.5. The van der Waals surface area contributed by atoms with E-state index in [0.717, 1.165) is 42.6 Å². The summed E-state index contributed by atoms with van der Waals surface area (Å²) in [6.07, 6.45) is 3.58. The van der Waals surface area contributed by atoms with Crippen LogP contribution >= 0.6 is 15.9 Å². The molecule has 0 radical (unpaired) electrons. The van der Waals surface area contributed by atoms with E-state index in [2.05, 4.69) is 33.1 Å². The average Bonchev–Trinajstić information content (AvgIpc) is 2.53. The molecule has 1 aliphatic rings. The maximum Gasteiger partial charge on any atom is 0.124 e. The van der Waals surface area contributed by atoms with Crippen molar-refractivity contribution in [2.75, 3.05) is 19.6 Å². The lowest BCUT2D eigenvalue weighted by atomic mass is 10.1. The first kappa shape index (κ1) is 14.9. The Morgan fingerprint density at radius 1 is 1.42 bits per heavy atom. The van der Waals surface area contributed by atoms with Crippen molar-refractivity contribution in [1.82, 2.24) is 10.2 Å². The van der Waals surface area contributed by atoms with Gasteiger partial charge in [-0.15, -0.1) is 0 Å². The van der Waals surface area contributed by atoms with Crippen LogP contribution in [0.3, 0.4) is 0 Å². The zero-order valence-corrected chi connectivity index (χ0v) is 13.0. The average molecular weight is 329 g/mol. The fraction of sp³-hybridized carbons (Fsp3) is 0.600. The van der Waals surface area contributed by atoms with Crippen LogP contribution in [-0.4, -0.2) is 30.6 Å². The van der Waals surface area contributed by atoms with Gasteiger partial charge in [0.25, 0.3) is 0 Å². The first-order valence-electron chi connectivity index (χ1n) is 7.08. The van der Waals surface area contributed by atoms with Gasteiger partial charge in [0.15, 0.2) is 0 Å². The van der Waals surface area contributed by atoms with E-state index in [9.17, 15) is 4.39 Å². The highest BCUT2D eigenvalue weighted by atomic mass is 79.9. The van der Waals surface area contributed by atoms with Crippen LogP contribution in [0.25, 0.3) is 0 Å². The minimum absolute atomic E-state index is 0.164. The van der Waals surface area contributed by atoms with E-state index in [0.29, 0.717) is 6.04 Å². The molecular formula is C15H22BrFN2. The second kappa shape index (κ2) is 7.36. The molecule has 1 aromatic rings. The van der Waals surface area contributed by atoms with Crippen molar-refractivity contribution in [2.24, 2.45) is 0 Å². The second-order valence-corrected chi connectivity index (χ2v) is 6.22. The highest BCUT2D eigenvalue weighted by Gasteiger charge is 2.17. The van der Waals surface area contributed by atoms with Crippen LogP contribution in [-0.2, 0) is 6.54 Å². The Bertz CT molecular complexity index is 391. The third kappa shape index (κ3) is 4.86. The normalized spacial score (nSPS) is 21.3. The van der Waals surface area contributed by atoms with Crippen molar-refractivity contribution in [3.8, 4) is 0 Å². The second-order valence-electron chi connectivity index (χ2n) is 5.31. The van der Waals surface area contributed by atoms with Gasteiger partial charge >= 0.3 is 0 Å². The molecule has 1 aliphatic heterocycles. The summed E-state index contributed by atoms with van der Waals surface area (Å²) < 4.78 is 14.2. The van der Waals surface area contributed by atoms with Crippen molar-refractivity contribution in [3.05, 3.63) is 34.1 Å². The molecule has 1 unspecified atom stereocenters. The summed E-state index contributed by atoms with van der Waals surface area (Å²) in [5.74, 6) is -0.164.